The number of ether oxygens (including phenoxy) is 1. The number of nitrogens with zero attached hydrogens (tertiary/aromatic N) is 4. The van der Waals surface area contributed by atoms with Gasteiger partial charge < -0.3 is 19.0 Å². The molecule has 0 bridgehead atoms. The van der Waals surface area contributed by atoms with Crippen LogP contribution in [0.2, 0.25) is 0 Å². The number of carbonyl (C=O) groups is 2. The van der Waals surface area contributed by atoms with Gasteiger partial charge in [0.2, 0.25) is 0 Å². The van der Waals surface area contributed by atoms with E-state index in [0.29, 0.717) is 56.4 Å². The largest absolute Gasteiger partial charge is 0.451 e. The first-order valence-electron chi connectivity index (χ1n) is 11.5. The van der Waals surface area contributed by atoms with Crippen molar-refractivity contribution in [1.29, 1.82) is 0 Å². The molecule has 8 heteroatoms. The molecule has 0 radical (unpaired) electrons. The summed E-state index contributed by atoms with van der Waals surface area (Å²) in [7, 11) is 0. The third-order valence-electron chi connectivity index (χ3n) is 6.56. The zero-order valence-corrected chi connectivity index (χ0v) is 19.0. The van der Waals surface area contributed by atoms with Gasteiger partial charge in [-0.25, -0.2) is 9.97 Å². The Hall–Kier alpha value is -3.26. The number of morpholine rings is 1. The number of aryl methyl sites for hydroxylation is 2. The molecule has 2 aromatic heterocycles. The lowest BCUT2D eigenvalue weighted by Crippen LogP contribution is -2.41. The number of carbonyl (C=O) groups excluding carboxylic acids is 2. The molecule has 3 aromatic rings. The van der Waals surface area contributed by atoms with E-state index in [1.165, 1.54) is 0 Å². The Morgan fingerprint density at radius 2 is 1.70 bits per heavy atom. The molecule has 33 heavy (non-hydrogen) atoms. The van der Waals surface area contributed by atoms with Gasteiger partial charge in [0, 0.05) is 43.7 Å². The molecule has 4 heterocycles. The number of benzene rings is 1. The molecule has 0 saturated carbocycles. The van der Waals surface area contributed by atoms with Gasteiger partial charge in [-0.3, -0.25) is 9.59 Å². The normalized spacial score (nSPS) is 17.5. The fourth-order valence-corrected chi connectivity index (χ4v) is 4.59. The zero-order valence-electron chi connectivity index (χ0n) is 19.0. The van der Waals surface area contributed by atoms with E-state index >= 15 is 0 Å². The highest BCUT2D eigenvalue weighted by molar-refractivity contribution is 5.96. The van der Waals surface area contributed by atoms with Gasteiger partial charge >= 0.3 is 0 Å². The maximum Gasteiger partial charge on any atom is 0.289 e. The Kier molecular flexibility index (Phi) is 5.85. The molecule has 0 spiro atoms. The van der Waals surface area contributed by atoms with Gasteiger partial charge in [0.1, 0.15) is 11.4 Å². The van der Waals surface area contributed by atoms with Crippen LogP contribution in [0.25, 0.3) is 11.0 Å². The van der Waals surface area contributed by atoms with Gasteiger partial charge in [-0.05, 0) is 44.9 Å². The molecule has 2 aliphatic heterocycles. The second kappa shape index (κ2) is 8.94. The summed E-state index contributed by atoms with van der Waals surface area (Å²) in [5.74, 6) is 1.18. The summed E-state index contributed by atoms with van der Waals surface area (Å²) in [6, 6.07) is 7.73. The minimum Gasteiger partial charge on any atom is -0.451 e. The summed E-state index contributed by atoms with van der Waals surface area (Å²) in [6.45, 7) is 7.44. The number of hydrogen-bond acceptors (Lipinski definition) is 6. The minimum absolute atomic E-state index is 0.0382. The van der Waals surface area contributed by atoms with E-state index in [1.807, 2.05) is 43.0 Å². The molecule has 1 aromatic carbocycles. The van der Waals surface area contributed by atoms with Crippen LogP contribution in [0.1, 0.15) is 56.8 Å². The second-order valence-electron chi connectivity index (χ2n) is 8.85. The summed E-state index contributed by atoms with van der Waals surface area (Å²) in [4.78, 5) is 38.6. The van der Waals surface area contributed by atoms with Gasteiger partial charge in [0.25, 0.3) is 11.8 Å². The molecule has 0 atom stereocenters. The average molecular weight is 449 g/mol. The zero-order chi connectivity index (χ0) is 22.9. The molecule has 0 unspecified atom stereocenters. The number of furan rings is 1. The van der Waals surface area contributed by atoms with E-state index in [-0.39, 0.29) is 17.7 Å². The predicted octanol–water partition coefficient (Wildman–Crippen LogP) is 3.33. The van der Waals surface area contributed by atoms with Crippen LogP contribution in [0, 0.1) is 13.8 Å². The van der Waals surface area contributed by atoms with Crippen LogP contribution in [-0.2, 0) is 4.74 Å². The third-order valence-corrected chi connectivity index (χ3v) is 6.56. The molecule has 172 valence electrons. The molecular weight excluding hydrogens is 420 g/mol. The van der Waals surface area contributed by atoms with E-state index < -0.39 is 0 Å². The minimum atomic E-state index is -0.0779. The van der Waals surface area contributed by atoms with Gasteiger partial charge in [-0.15, -0.1) is 0 Å². The van der Waals surface area contributed by atoms with Crippen molar-refractivity contribution in [3.63, 3.8) is 0 Å². The maximum absolute atomic E-state index is 13.0. The van der Waals surface area contributed by atoms with Crippen LogP contribution in [0.3, 0.4) is 0 Å². The van der Waals surface area contributed by atoms with E-state index in [1.54, 1.807) is 11.1 Å². The number of rotatable bonds is 3. The first-order valence-corrected chi connectivity index (χ1v) is 11.5. The summed E-state index contributed by atoms with van der Waals surface area (Å²) >= 11 is 0. The monoisotopic (exact) mass is 448 g/mol. The van der Waals surface area contributed by atoms with Crippen molar-refractivity contribution in [2.75, 3.05) is 39.4 Å². The number of fused-ring (bicyclic) bond motifs is 1. The molecule has 0 aliphatic carbocycles. The molecule has 8 nitrogen and oxygen atoms in total. The fraction of sp³-hybridized carbons (Fsp3) is 0.440. The second-order valence-corrected chi connectivity index (χ2v) is 8.85. The predicted molar refractivity (Wildman–Crippen MR) is 122 cm³/mol. The molecule has 2 amide bonds. The van der Waals surface area contributed by atoms with Crippen LogP contribution in [-0.4, -0.2) is 71.0 Å². The molecule has 2 aliphatic rings. The highest BCUT2D eigenvalue weighted by Crippen LogP contribution is 2.28. The van der Waals surface area contributed by atoms with Crippen LogP contribution in [0.15, 0.2) is 34.9 Å². The van der Waals surface area contributed by atoms with Crippen LogP contribution < -0.4 is 0 Å². The summed E-state index contributed by atoms with van der Waals surface area (Å²) in [6.07, 6.45) is 3.21. The quantitative estimate of drug-likeness (QED) is 0.611. The van der Waals surface area contributed by atoms with E-state index in [4.69, 9.17) is 9.15 Å². The lowest BCUT2D eigenvalue weighted by atomic mass is 9.95. The van der Waals surface area contributed by atoms with Crippen LogP contribution in [0.5, 0.6) is 0 Å². The van der Waals surface area contributed by atoms with Crippen LogP contribution >= 0.6 is 0 Å². The van der Waals surface area contributed by atoms with Crippen molar-refractivity contribution in [2.45, 2.75) is 32.6 Å². The van der Waals surface area contributed by atoms with E-state index in [2.05, 4.69) is 9.97 Å². The van der Waals surface area contributed by atoms with Gasteiger partial charge in [0.05, 0.1) is 24.5 Å². The number of likely N-dealkylation sites (tertiary alicyclic amines) is 1. The summed E-state index contributed by atoms with van der Waals surface area (Å²) < 4.78 is 11.1. The van der Waals surface area contributed by atoms with Crippen molar-refractivity contribution in [3.8, 4) is 0 Å². The standard InChI is InChI=1S/C25H28N4O4/c1-16-3-4-21-19(13-16)14-22(33-21)25(31)28-7-5-18(6-8-28)23-26-15-20(17(2)27-23)24(30)29-9-11-32-12-10-29/h3-4,13-15,18H,5-12H2,1-2H3. The van der Waals surface area contributed by atoms with E-state index in [9.17, 15) is 9.59 Å². The Balaban J connectivity index is 1.23. The summed E-state index contributed by atoms with van der Waals surface area (Å²) in [5, 5.41) is 0.948. The summed E-state index contributed by atoms with van der Waals surface area (Å²) in [5.41, 5.74) is 3.12. The van der Waals surface area contributed by atoms with Crippen LogP contribution in [0.4, 0.5) is 0 Å². The Morgan fingerprint density at radius 1 is 0.970 bits per heavy atom. The van der Waals surface area contributed by atoms with Crippen molar-refractivity contribution in [3.05, 3.63) is 58.9 Å². The van der Waals surface area contributed by atoms with Crippen molar-refractivity contribution in [2.24, 2.45) is 0 Å². The van der Waals surface area contributed by atoms with Gasteiger partial charge in [-0.1, -0.05) is 11.6 Å². The first kappa shape index (κ1) is 21.6. The topological polar surface area (TPSA) is 88.8 Å². The lowest BCUT2D eigenvalue weighted by molar-refractivity contribution is 0.0301. The molecule has 2 fully saturated rings. The number of aromatic nitrogens is 2. The number of amides is 2. The van der Waals surface area contributed by atoms with Crippen molar-refractivity contribution >= 4 is 22.8 Å². The lowest BCUT2D eigenvalue weighted by Gasteiger charge is -2.31. The first-order chi connectivity index (χ1) is 16.0. The number of piperidine rings is 1. The smallest absolute Gasteiger partial charge is 0.289 e. The molecule has 0 N–H and O–H groups in total. The highest BCUT2D eigenvalue weighted by atomic mass is 16.5. The van der Waals surface area contributed by atoms with Gasteiger partial charge in [0.15, 0.2) is 5.76 Å². The highest BCUT2D eigenvalue weighted by Gasteiger charge is 2.29. The Labute approximate surface area is 192 Å². The third kappa shape index (κ3) is 4.35. The molecular formula is C25H28N4O4. The SMILES string of the molecule is Cc1ccc2oc(C(=O)N3CCC(c4ncc(C(=O)N5CCOCC5)c(C)n4)CC3)cc2c1. The average Bonchev–Trinajstić information content (AvgIpc) is 3.27. The molecule has 5 rings (SSSR count). The molecule has 2 saturated heterocycles. The van der Waals surface area contributed by atoms with Crippen molar-refractivity contribution < 1.29 is 18.7 Å². The maximum atomic E-state index is 13.0. The Bertz CT molecular complexity index is 1190. The van der Waals surface area contributed by atoms with Gasteiger partial charge in [-0.2, -0.15) is 0 Å². The van der Waals surface area contributed by atoms with Crippen molar-refractivity contribution in [1.82, 2.24) is 19.8 Å². The van der Waals surface area contributed by atoms with E-state index in [0.717, 1.165) is 35.2 Å². The Morgan fingerprint density at radius 3 is 2.42 bits per heavy atom. The fourth-order valence-electron chi connectivity index (χ4n) is 4.59. The number of hydrogen-bond donors (Lipinski definition) is 0.